The number of rotatable bonds is 3. The topological polar surface area (TPSA) is 38.7 Å². The molecule has 0 aliphatic rings. The summed E-state index contributed by atoms with van der Waals surface area (Å²) in [5.74, 6) is 0.626. The minimum absolute atomic E-state index is 0.115. The van der Waals surface area contributed by atoms with E-state index in [1.165, 1.54) is 5.56 Å². The first-order chi connectivity index (χ1) is 8.08. The van der Waals surface area contributed by atoms with E-state index in [9.17, 15) is 4.89 Å². The monoisotopic (exact) mass is 270 g/mol. The molecule has 1 aromatic rings. The molecule has 1 aromatic carbocycles. The zero-order valence-electron chi connectivity index (χ0n) is 12.0. The van der Waals surface area contributed by atoms with Crippen molar-refractivity contribution in [3.05, 3.63) is 29.8 Å². The molecule has 0 saturated heterocycles. The molecule has 102 valence electrons. The van der Waals surface area contributed by atoms with Crippen LogP contribution in [0, 0.1) is 0 Å². The van der Waals surface area contributed by atoms with Gasteiger partial charge in [-0.05, 0) is 43.9 Å². The highest BCUT2D eigenvalue weighted by molar-refractivity contribution is 7.41. The lowest BCUT2D eigenvalue weighted by Crippen LogP contribution is -2.17. The summed E-state index contributed by atoms with van der Waals surface area (Å²) in [4.78, 5) is 9.69. The molecule has 0 aliphatic carbocycles. The molecule has 0 aliphatic heterocycles. The molecule has 3 nitrogen and oxygen atoms in total. The van der Waals surface area contributed by atoms with Crippen LogP contribution in [-0.4, -0.2) is 10.5 Å². The highest BCUT2D eigenvalue weighted by Crippen LogP contribution is 2.39. The van der Waals surface area contributed by atoms with Crippen molar-refractivity contribution in [2.24, 2.45) is 0 Å². The van der Waals surface area contributed by atoms with Gasteiger partial charge in [0.05, 0.1) is 5.60 Å². The van der Waals surface area contributed by atoms with E-state index in [-0.39, 0.29) is 5.41 Å². The molecule has 4 heteroatoms. The van der Waals surface area contributed by atoms with Crippen molar-refractivity contribution in [3.8, 4) is 5.75 Å². The zero-order chi connectivity index (χ0) is 14.0. The second kappa shape index (κ2) is 5.56. The first-order valence-corrected chi connectivity index (χ1v) is 7.18. The summed E-state index contributed by atoms with van der Waals surface area (Å²) < 4.78 is 10.7. The van der Waals surface area contributed by atoms with Crippen LogP contribution in [0.15, 0.2) is 24.3 Å². The van der Waals surface area contributed by atoms with Gasteiger partial charge in [0.15, 0.2) is 0 Å². The fourth-order valence-electron chi connectivity index (χ4n) is 1.36. The Morgan fingerprint density at radius 3 is 1.83 bits per heavy atom. The van der Waals surface area contributed by atoms with Gasteiger partial charge in [-0.3, -0.25) is 4.52 Å². The molecule has 18 heavy (non-hydrogen) atoms. The second-order valence-electron chi connectivity index (χ2n) is 6.31. The number of hydrogen-bond donors (Lipinski definition) is 1. The summed E-state index contributed by atoms with van der Waals surface area (Å²) >= 11 is 0. The van der Waals surface area contributed by atoms with Gasteiger partial charge in [0.1, 0.15) is 5.75 Å². The molecular formula is C14H23O3P. The van der Waals surface area contributed by atoms with Crippen LogP contribution in [0.25, 0.3) is 0 Å². The zero-order valence-corrected chi connectivity index (χ0v) is 12.9. The Bertz CT molecular complexity index is 374. The van der Waals surface area contributed by atoms with Crippen molar-refractivity contribution in [1.82, 2.24) is 0 Å². The van der Waals surface area contributed by atoms with Crippen molar-refractivity contribution in [1.29, 1.82) is 0 Å². The maximum absolute atomic E-state index is 9.69. The summed E-state index contributed by atoms with van der Waals surface area (Å²) in [5, 5.41) is 0. The third kappa shape index (κ3) is 5.34. The Morgan fingerprint density at radius 1 is 0.944 bits per heavy atom. The van der Waals surface area contributed by atoms with Crippen molar-refractivity contribution < 1.29 is 13.9 Å². The average molecular weight is 270 g/mol. The molecule has 1 N–H and O–H groups in total. The average Bonchev–Trinajstić information content (AvgIpc) is 2.13. The van der Waals surface area contributed by atoms with E-state index in [0.717, 1.165) is 0 Å². The predicted octanol–water partition coefficient (Wildman–Crippen LogP) is 4.40. The molecule has 1 rings (SSSR count). The first kappa shape index (κ1) is 15.4. The standard InChI is InChI=1S/C14H23O3P/c1-13(2,3)11-7-9-12(10-8-11)16-18(15)17-14(4,5)6/h7-10,15H,1-6H3. The smallest absolute Gasteiger partial charge is 0.394 e. The molecular weight excluding hydrogens is 247 g/mol. The third-order valence-electron chi connectivity index (χ3n) is 2.26. The summed E-state index contributed by atoms with van der Waals surface area (Å²) in [6.45, 7) is 12.1. The number of benzene rings is 1. The minimum Gasteiger partial charge on any atom is -0.427 e. The Labute approximate surface area is 111 Å². The molecule has 1 unspecified atom stereocenters. The van der Waals surface area contributed by atoms with Gasteiger partial charge in [-0.25, -0.2) is 0 Å². The predicted molar refractivity (Wildman–Crippen MR) is 75.7 cm³/mol. The van der Waals surface area contributed by atoms with Gasteiger partial charge in [0.25, 0.3) is 0 Å². The summed E-state index contributed by atoms with van der Waals surface area (Å²) in [6.07, 6.45) is 0. The van der Waals surface area contributed by atoms with Gasteiger partial charge in [0, 0.05) is 0 Å². The van der Waals surface area contributed by atoms with Gasteiger partial charge in [-0.1, -0.05) is 32.9 Å². The minimum atomic E-state index is -1.88. The van der Waals surface area contributed by atoms with Crippen LogP contribution < -0.4 is 4.52 Å². The van der Waals surface area contributed by atoms with Crippen LogP contribution >= 0.6 is 8.60 Å². The number of hydrogen-bond acceptors (Lipinski definition) is 3. The Balaban J connectivity index is 2.64. The molecule has 0 aromatic heterocycles. The maximum Gasteiger partial charge on any atom is 0.394 e. The lowest BCUT2D eigenvalue weighted by Gasteiger charge is -2.22. The normalized spacial score (nSPS) is 14.4. The van der Waals surface area contributed by atoms with Crippen molar-refractivity contribution in [2.75, 3.05) is 0 Å². The van der Waals surface area contributed by atoms with Crippen molar-refractivity contribution in [3.63, 3.8) is 0 Å². The fraction of sp³-hybridized carbons (Fsp3) is 0.571. The summed E-state index contributed by atoms with van der Waals surface area (Å²) in [5.41, 5.74) is 0.935. The molecule has 0 heterocycles. The Hall–Kier alpha value is -0.630. The Kier molecular flexibility index (Phi) is 4.77. The van der Waals surface area contributed by atoms with Gasteiger partial charge in [0.2, 0.25) is 0 Å². The van der Waals surface area contributed by atoms with E-state index < -0.39 is 14.2 Å². The molecule has 0 fully saturated rings. The van der Waals surface area contributed by atoms with Crippen LogP contribution in [0.4, 0.5) is 0 Å². The maximum atomic E-state index is 9.69. The quantitative estimate of drug-likeness (QED) is 0.827. The van der Waals surface area contributed by atoms with Gasteiger partial charge in [-0.2, -0.15) is 0 Å². The van der Waals surface area contributed by atoms with E-state index in [2.05, 4.69) is 20.8 Å². The van der Waals surface area contributed by atoms with Gasteiger partial charge < -0.3 is 9.42 Å². The SMILES string of the molecule is CC(C)(C)OP(O)Oc1ccc(C(C)(C)C)cc1. The fourth-order valence-corrected chi connectivity index (χ4v) is 2.17. The van der Waals surface area contributed by atoms with Crippen LogP contribution in [0.3, 0.4) is 0 Å². The van der Waals surface area contributed by atoms with Crippen LogP contribution in [-0.2, 0) is 9.94 Å². The molecule has 0 spiro atoms. The van der Waals surface area contributed by atoms with E-state index in [0.29, 0.717) is 5.75 Å². The van der Waals surface area contributed by atoms with Crippen molar-refractivity contribution in [2.45, 2.75) is 52.6 Å². The largest absolute Gasteiger partial charge is 0.427 e. The summed E-state index contributed by atoms with van der Waals surface area (Å²) in [6, 6.07) is 7.74. The van der Waals surface area contributed by atoms with E-state index in [4.69, 9.17) is 9.05 Å². The van der Waals surface area contributed by atoms with E-state index in [1.807, 2.05) is 45.0 Å². The first-order valence-electron chi connectivity index (χ1n) is 6.04. The van der Waals surface area contributed by atoms with Crippen LogP contribution in [0.2, 0.25) is 0 Å². The highest BCUT2D eigenvalue weighted by atomic mass is 31.2. The third-order valence-corrected chi connectivity index (χ3v) is 3.33. The molecule has 0 saturated carbocycles. The van der Waals surface area contributed by atoms with Crippen molar-refractivity contribution >= 4 is 8.60 Å². The summed E-state index contributed by atoms with van der Waals surface area (Å²) in [7, 11) is -1.88. The molecule has 0 amide bonds. The Morgan fingerprint density at radius 2 is 1.44 bits per heavy atom. The molecule has 0 radical (unpaired) electrons. The van der Waals surface area contributed by atoms with E-state index in [1.54, 1.807) is 0 Å². The van der Waals surface area contributed by atoms with Gasteiger partial charge >= 0.3 is 8.60 Å². The van der Waals surface area contributed by atoms with Gasteiger partial charge in [-0.15, -0.1) is 0 Å². The molecule has 1 atom stereocenters. The molecule has 0 bridgehead atoms. The lowest BCUT2D eigenvalue weighted by atomic mass is 9.87. The van der Waals surface area contributed by atoms with E-state index >= 15 is 0 Å². The van der Waals surface area contributed by atoms with Crippen LogP contribution in [0.1, 0.15) is 47.1 Å². The second-order valence-corrected chi connectivity index (χ2v) is 7.15. The van der Waals surface area contributed by atoms with Crippen LogP contribution in [0.5, 0.6) is 5.75 Å². The highest BCUT2D eigenvalue weighted by Gasteiger charge is 2.20. The lowest BCUT2D eigenvalue weighted by molar-refractivity contribution is 0.112.